The molecule has 2 aliphatic carbocycles. The topological polar surface area (TPSA) is 175 Å². The Morgan fingerprint density at radius 1 is 0.274 bits per heavy atom. The van der Waals surface area contributed by atoms with E-state index in [1.807, 2.05) is 265 Å². The minimum absolute atomic E-state index is 0.0761. The number of hydrogen-bond acceptors (Lipinski definition) is 6. The fraction of sp³-hybridized carbons (Fsp3) is 0.333. The summed E-state index contributed by atoms with van der Waals surface area (Å²) in [7, 11) is 0. The highest BCUT2D eigenvalue weighted by atomic mass is 16.2. The smallest absolute Gasteiger partial charge is 0.253 e. The highest BCUT2D eigenvalue weighted by Crippen LogP contribution is 2.51. The molecule has 0 bridgehead atoms. The van der Waals surface area contributed by atoms with Crippen molar-refractivity contribution in [2.45, 2.75) is 142 Å². The SMILES string of the molecule is CC(C)(C)NC(=O)C1(C(=O)NC(C)(C)C)Cc2c(c(C(=O)NC(c3ccccc3)(c3ccccc3)c3ccccc3)c3c(c2C(=O)NC(c2ccccc2)(c2ccccc2)c2ccccc2)CC(C(=O)NC(C)(C)C)(C(=O)NC(C)(C)C)C3)C1. The van der Waals surface area contributed by atoms with Crippen LogP contribution in [0.5, 0.6) is 0 Å². The second kappa shape index (κ2) is 22.5. The molecule has 0 saturated heterocycles. The van der Waals surface area contributed by atoms with E-state index in [2.05, 4.69) is 31.9 Å². The molecule has 12 nitrogen and oxygen atoms in total. The average molecular weight is 1130 g/mol. The molecule has 0 aromatic heterocycles. The molecular weight excluding hydrogens is 1040 g/mol. The van der Waals surface area contributed by atoms with Gasteiger partial charge in [-0.3, -0.25) is 28.8 Å². The summed E-state index contributed by atoms with van der Waals surface area (Å²) in [5.74, 6) is -3.57. The van der Waals surface area contributed by atoms with Gasteiger partial charge in [-0.15, -0.1) is 0 Å². The van der Waals surface area contributed by atoms with Crippen LogP contribution in [0.2, 0.25) is 0 Å². The summed E-state index contributed by atoms with van der Waals surface area (Å²) < 4.78 is 0. The van der Waals surface area contributed by atoms with Crippen LogP contribution >= 0.6 is 0 Å². The number of amides is 6. The van der Waals surface area contributed by atoms with Crippen LogP contribution in [0.15, 0.2) is 182 Å². The first kappa shape index (κ1) is 60.0. The van der Waals surface area contributed by atoms with E-state index in [4.69, 9.17) is 0 Å². The lowest BCUT2D eigenvalue weighted by molar-refractivity contribution is -0.146. The first-order valence-electron chi connectivity index (χ1n) is 29.0. The molecule has 0 saturated carbocycles. The Bertz CT molecular complexity index is 3070. The molecule has 434 valence electrons. The minimum atomic E-state index is -1.93. The number of benzene rings is 7. The number of nitrogens with one attached hydrogen (secondary N) is 6. The first-order chi connectivity index (χ1) is 39.5. The van der Waals surface area contributed by atoms with Gasteiger partial charge in [-0.2, -0.15) is 0 Å². The number of hydrogen-bond donors (Lipinski definition) is 6. The van der Waals surface area contributed by atoms with Gasteiger partial charge in [-0.05, 0) is 164 Å². The van der Waals surface area contributed by atoms with Gasteiger partial charge in [-0.1, -0.05) is 182 Å². The highest BCUT2D eigenvalue weighted by molar-refractivity contribution is 6.13. The molecule has 7 aromatic carbocycles. The van der Waals surface area contributed by atoms with Gasteiger partial charge in [0.15, 0.2) is 0 Å². The monoisotopic (exact) mass is 1120 g/mol. The summed E-state index contributed by atoms with van der Waals surface area (Å²) in [6.07, 6.45) is -1.30. The summed E-state index contributed by atoms with van der Waals surface area (Å²) in [5, 5.41) is 19.8. The molecule has 0 atom stereocenters. The van der Waals surface area contributed by atoms with E-state index in [1.165, 1.54) is 0 Å². The third-order valence-electron chi connectivity index (χ3n) is 15.8. The Morgan fingerprint density at radius 2 is 0.440 bits per heavy atom. The maximum atomic E-state index is 17.0. The van der Waals surface area contributed by atoms with Crippen LogP contribution in [0.4, 0.5) is 0 Å². The second-order valence-corrected chi connectivity index (χ2v) is 27.0. The van der Waals surface area contributed by atoms with Gasteiger partial charge in [0.05, 0.1) is 0 Å². The normalized spacial score (nSPS) is 14.7. The number of carbonyl (C=O) groups is 6. The number of fused-ring (bicyclic) bond motifs is 2. The zero-order chi connectivity index (χ0) is 60.7. The molecule has 0 fully saturated rings. The lowest BCUT2D eigenvalue weighted by atomic mass is 9.76. The molecular formula is C72H80N6O6. The van der Waals surface area contributed by atoms with Crippen LogP contribution in [-0.2, 0) is 55.9 Å². The molecule has 6 N–H and O–H groups in total. The van der Waals surface area contributed by atoms with Crippen LogP contribution in [0.3, 0.4) is 0 Å². The van der Waals surface area contributed by atoms with Gasteiger partial charge >= 0.3 is 0 Å². The van der Waals surface area contributed by atoms with Crippen LogP contribution in [0.1, 0.15) is 159 Å². The fourth-order valence-electron chi connectivity index (χ4n) is 12.3. The quantitative estimate of drug-likeness (QED) is 0.0467. The lowest BCUT2D eigenvalue weighted by Gasteiger charge is -2.38. The van der Waals surface area contributed by atoms with Crippen molar-refractivity contribution in [1.29, 1.82) is 0 Å². The maximum absolute atomic E-state index is 17.0. The van der Waals surface area contributed by atoms with Crippen molar-refractivity contribution in [3.05, 3.63) is 249 Å². The fourth-order valence-corrected chi connectivity index (χ4v) is 12.3. The van der Waals surface area contributed by atoms with Crippen molar-refractivity contribution >= 4 is 35.4 Å². The van der Waals surface area contributed by atoms with Crippen molar-refractivity contribution in [3.63, 3.8) is 0 Å². The van der Waals surface area contributed by atoms with Crippen LogP contribution in [0, 0.1) is 10.8 Å². The summed E-state index contributed by atoms with van der Waals surface area (Å²) in [6, 6.07) is 57.9. The molecule has 0 unspecified atom stereocenters. The number of rotatable bonds is 14. The van der Waals surface area contributed by atoms with E-state index in [9.17, 15) is 0 Å². The summed E-state index contributed by atoms with van der Waals surface area (Å²) >= 11 is 0. The number of carbonyl (C=O) groups excluding carboxylic acids is 6. The zero-order valence-electron chi connectivity index (χ0n) is 50.6. The van der Waals surface area contributed by atoms with Gasteiger partial charge in [0.1, 0.15) is 21.9 Å². The van der Waals surface area contributed by atoms with Crippen molar-refractivity contribution in [2.24, 2.45) is 10.8 Å². The maximum Gasteiger partial charge on any atom is 0.253 e. The minimum Gasteiger partial charge on any atom is -0.351 e. The van der Waals surface area contributed by atoms with E-state index in [-0.39, 0.29) is 59.1 Å². The molecule has 6 amide bonds. The van der Waals surface area contributed by atoms with Crippen LogP contribution < -0.4 is 31.9 Å². The average Bonchev–Trinajstić information content (AvgIpc) is 1.75. The molecule has 0 heterocycles. The third-order valence-corrected chi connectivity index (χ3v) is 15.8. The largest absolute Gasteiger partial charge is 0.351 e. The van der Waals surface area contributed by atoms with E-state index < -0.39 is 79.5 Å². The van der Waals surface area contributed by atoms with Crippen LogP contribution in [-0.4, -0.2) is 57.6 Å². The summed E-state index contributed by atoms with van der Waals surface area (Å²) in [6.45, 7) is 22.1. The summed E-state index contributed by atoms with van der Waals surface area (Å²) in [5.41, 5.74) is -4.32. The zero-order valence-corrected chi connectivity index (χ0v) is 50.6. The molecule has 0 spiro atoms. The molecule has 0 radical (unpaired) electrons. The Labute approximate surface area is 495 Å². The molecule has 2 aliphatic rings. The molecule has 9 rings (SSSR count). The molecule has 84 heavy (non-hydrogen) atoms. The Balaban J connectivity index is 1.42. The van der Waals surface area contributed by atoms with Gasteiger partial charge < -0.3 is 31.9 Å². The predicted molar refractivity (Wildman–Crippen MR) is 331 cm³/mol. The van der Waals surface area contributed by atoms with Gasteiger partial charge in [-0.25, -0.2) is 0 Å². The molecule has 7 aromatic rings. The summed E-state index contributed by atoms with van der Waals surface area (Å²) in [4.78, 5) is 96.5. The van der Waals surface area contributed by atoms with Crippen molar-refractivity contribution in [1.82, 2.24) is 31.9 Å². The van der Waals surface area contributed by atoms with Gasteiger partial charge in [0, 0.05) is 33.3 Å². The van der Waals surface area contributed by atoms with Crippen molar-refractivity contribution < 1.29 is 28.8 Å². The van der Waals surface area contributed by atoms with Crippen molar-refractivity contribution in [2.75, 3.05) is 0 Å². The Hall–Kier alpha value is -8.64. The van der Waals surface area contributed by atoms with E-state index in [1.54, 1.807) is 0 Å². The van der Waals surface area contributed by atoms with Crippen molar-refractivity contribution in [3.8, 4) is 0 Å². The van der Waals surface area contributed by atoms with Gasteiger partial charge in [0.2, 0.25) is 23.6 Å². The first-order valence-corrected chi connectivity index (χ1v) is 29.0. The Kier molecular flexibility index (Phi) is 16.1. The third kappa shape index (κ3) is 11.7. The van der Waals surface area contributed by atoms with E-state index in [0.29, 0.717) is 0 Å². The van der Waals surface area contributed by atoms with Crippen LogP contribution in [0.25, 0.3) is 0 Å². The van der Waals surface area contributed by atoms with E-state index >= 15 is 28.8 Å². The van der Waals surface area contributed by atoms with Gasteiger partial charge in [0.25, 0.3) is 11.8 Å². The second-order valence-electron chi connectivity index (χ2n) is 27.0. The Morgan fingerprint density at radius 3 is 0.595 bits per heavy atom. The standard InChI is InChI=1S/C72H80N6O6/c1-65(2,3)75-61(81)69(62(82)76-66(4,5)6)43-53-54(44-69)58(60(80)74-72(50-37-25-16-26-38-50,51-39-27-17-28-40-51)52-41-29-18-30-42-52)56-46-70(63(83)77-67(7,8)9,64(84)78-68(10,11)12)45-55(56)57(53)59(79)73-71(47-31-19-13-20-32-47,48-33-21-14-22-34-48)49-35-23-15-24-36-49/h13-42H,43-46H2,1-12H3,(H,73,79)(H,74,80)(H,75,81)(H,76,82)(H,77,83)(H,78,84). The molecule has 12 heteroatoms. The predicted octanol–water partition coefficient (Wildman–Crippen LogP) is 11.0. The highest BCUT2D eigenvalue weighted by Gasteiger charge is 2.59. The van der Waals surface area contributed by atoms with E-state index in [0.717, 1.165) is 33.4 Å². The lowest BCUT2D eigenvalue weighted by Crippen LogP contribution is -2.59. The molecule has 0 aliphatic heterocycles.